The quantitative estimate of drug-likeness (QED) is 0.635. The largest absolute Gasteiger partial charge is 0.363 e. The Hall–Kier alpha value is -1.31. The van der Waals surface area contributed by atoms with E-state index < -0.39 is 0 Å². The van der Waals surface area contributed by atoms with Crippen LogP contribution in [0.25, 0.3) is 6.08 Å². The van der Waals surface area contributed by atoms with Gasteiger partial charge in [0, 0.05) is 20.3 Å². The van der Waals surface area contributed by atoms with Gasteiger partial charge in [-0.15, -0.1) is 0 Å². The third-order valence-corrected chi connectivity index (χ3v) is 1.46. The minimum Gasteiger partial charge on any atom is -0.363 e. The summed E-state index contributed by atoms with van der Waals surface area (Å²) < 4.78 is 0. The number of anilines is 1. The van der Waals surface area contributed by atoms with Gasteiger partial charge in [0.15, 0.2) is 0 Å². The third kappa shape index (κ3) is 1.80. The Balaban J connectivity index is 3.00. The van der Waals surface area contributed by atoms with E-state index in [1.54, 1.807) is 6.20 Å². The number of hydrogen-bond donors (Lipinski definition) is 0. The SMILES string of the molecule is C=Cc1ccnc(N(C)C)c1. The highest BCUT2D eigenvalue weighted by Gasteiger charge is 1.94. The van der Waals surface area contributed by atoms with Gasteiger partial charge in [0.25, 0.3) is 0 Å². The number of hydrogen-bond acceptors (Lipinski definition) is 2. The zero-order valence-electron chi connectivity index (χ0n) is 6.91. The van der Waals surface area contributed by atoms with Crippen molar-refractivity contribution >= 4 is 11.9 Å². The topological polar surface area (TPSA) is 16.1 Å². The average molecular weight is 148 g/mol. The minimum absolute atomic E-state index is 0.961. The second kappa shape index (κ2) is 3.19. The zero-order chi connectivity index (χ0) is 8.27. The standard InChI is InChI=1S/C9H12N2/c1-4-8-5-6-10-9(7-8)11(2)3/h4-7H,1H2,2-3H3. The van der Waals surface area contributed by atoms with Crippen molar-refractivity contribution in [1.82, 2.24) is 4.98 Å². The number of aromatic nitrogens is 1. The molecule has 0 aliphatic heterocycles. The lowest BCUT2D eigenvalue weighted by Gasteiger charge is -2.10. The van der Waals surface area contributed by atoms with Gasteiger partial charge >= 0.3 is 0 Å². The van der Waals surface area contributed by atoms with Crippen molar-refractivity contribution in [3.8, 4) is 0 Å². The molecule has 1 aromatic rings. The van der Waals surface area contributed by atoms with Gasteiger partial charge in [0.1, 0.15) is 5.82 Å². The van der Waals surface area contributed by atoms with Crippen LogP contribution >= 0.6 is 0 Å². The van der Waals surface area contributed by atoms with Gasteiger partial charge in [-0.3, -0.25) is 0 Å². The lowest BCUT2D eigenvalue weighted by molar-refractivity contribution is 1.07. The maximum absolute atomic E-state index is 4.16. The van der Waals surface area contributed by atoms with Gasteiger partial charge in [-0.25, -0.2) is 4.98 Å². The maximum Gasteiger partial charge on any atom is 0.128 e. The fourth-order valence-electron chi connectivity index (χ4n) is 0.806. The van der Waals surface area contributed by atoms with Gasteiger partial charge in [-0.1, -0.05) is 12.7 Å². The van der Waals surface area contributed by atoms with E-state index in [9.17, 15) is 0 Å². The molecule has 2 heteroatoms. The second-order valence-corrected chi connectivity index (χ2v) is 2.55. The van der Waals surface area contributed by atoms with Crippen molar-refractivity contribution < 1.29 is 0 Å². The third-order valence-electron chi connectivity index (χ3n) is 1.46. The van der Waals surface area contributed by atoms with E-state index in [0.29, 0.717) is 0 Å². The first-order chi connectivity index (χ1) is 5.24. The maximum atomic E-state index is 4.16. The predicted molar refractivity (Wildman–Crippen MR) is 48.7 cm³/mol. The van der Waals surface area contributed by atoms with Crippen LogP contribution in [0.5, 0.6) is 0 Å². The molecule has 0 atom stereocenters. The van der Waals surface area contributed by atoms with Crippen LogP contribution in [0.15, 0.2) is 24.9 Å². The molecule has 0 saturated heterocycles. The molecule has 0 bridgehead atoms. The molecule has 58 valence electrons. The first kappa shape index (κ1) is 7.79. The summed E-state index contributed by atoms with van der Waals surface area (Å²) in [5.41, 5.74) is 1.10. The first-order valence-electron chi connectivity index (χ1n) is 3.50. The van der Waals surface area contributed by atoms with Crippen molar-refractivity contribution in [1.29, 1.82) is 0 Å². The summed E-state index contributed by atoms with van der Waals surface area (Å²) in [6, 6.07) is 3.92. The molecule has 1 aromatic heterocycles. The molecule has 0 aliphatic rings. The molecule has 0 aliphatic carbocycles. The van der Waals surface area contributed by atoms with Crippen LogP contribution in [0.2, 0.25) is 0 Å². The van der Waals surface area contributed by atoms with Crippen molar-refractivity contribution in [2.24, 2.45) is 0 Å². The summed E-state index contributed by atoms with van der Waals surface area (Å²) in [4.78, 5) is 6.13. The minimum atomic E-state index is 0.961. The monoisotopic (exact) mass is 148 g/mol. The van der Waals surface area contributed by atoms with Crippen LogP contribution in [0.4, 0.5) is 5.82 Å². The molecule has 0 spiro atoms. The Labute approximate surface area is 67.2 Å². The lowest BCUT2D eigenvalue weighted by atomic mass is 10.2. The lowest BCUT2D eigenvalue weighted by Crippen LogP contribution is -2.10. The van der Waals surface area contributed by atoms with Crippen LogP contribution < -0.4 is 4.90 Å². The van der Waals surface area contributed by atoms with E-state index in [-0.39, 0.29) is 0 Å². The Morgan fingerprint density at radius 3 is 2.82 bits per heavy atom. The first-order valence-corrected chi connectivity index (χ1v) is 3.50. The molecular formula is C9H12N2. The summed E-state index contributed by atoms with van der Waals surface area (Å²) in [6.45, 7) is 3.69. The molecule has 0 amide bonds. The molecule has 1 heterocycles. The number of pyridine rings is 1. The summed E-state index contributed by atoms with van der Waals surface area (Å²) in [5, 5.41) is 0. The zero-order valence-corrected chi connectivity index (χ0v) is 6.91. The van der Waals surface area contributed by atoms with Crippen molar-refractivity contribution in [2.45, 2.75) is 0 Å². The molecule has 0 aromatic carbocycles. The van der Waals surface area contributed by atoms with Gasteiger partial charge in [0.2, 0.25) is 0 Å². The molecule has 2 nitrogen and oxygen atoms in total. The summed E-state index contributed by atoms with van der Waals surface area (Å²) in [7, 11) is 3.93. The second-order valence-electron chi connectivity index (χ2n) is 2.55. The summed E-state index contributed by atoms with van der Waals surface area (Å²) in [5.74, 6) is 0.961. The highest BCUT2D eigenvalue weighted by molar-refractivity contribution is 5.52. The molecule has 1 rings (SSSR count). The van der Waals surface area contributed by atoms with Gasteiger partial charge in [0.05, 0.1) is 0 Å². The van der Waals surface area contributed by atoms with Crippen LogP contribution in [0.3, 0.4) is 0 Å². The average Bonchev–Trinajstić information content (AvgIpc) is 2.05. The van der Waals surface area contributed by atoms with Gasteiger partial charge in [-0.05, 0) is 17.7 Å². The number of nitrogens with zero attached hydrogens (tertiary/aromatic N) is 2. The van der Waals surface area contributed by atoms with Crippen molar-refractivity contribution in [3.63, 3.8) is 0 Å². The molecule has 0 N–H and O–H groups in total. The molecular weight excluding hydrogens is 136 g/mol. The normalized spacial score (nSPS) is 9.27. The van der Waals surface area contributed by atoms with E-state index in [1.165, 1.54) is 0 Å². The van der Waals surface area contributed by atoms with Crippen LogP contribution in [0.1, 0.15) is 5.56 Å². The molecule has 0 unspecified atom stereocenters. The Kier molecular flexibility index (Phi) is 2.26. The van der Waals surface area contributed by atoms with E-state index in [4.69, 9.17) is 0 Å². The smallest absolute Gasteiger partial charge is 0.128 e. The summed E-state index contributed by atoms with van der Waals surface area (Å²) >= 11 is 0. The highest BCUT2D eigenvalue weighted by atomic mass is 15.1. The van der Waals surface area contributed by atoms with Crippen LogP contribution in [0, 0.1) is 0 Å². The molecule has 0 saturated carbocycles. The summed E-state index contributed by atoms with van der Waals surface area (Å²) in [6.07, 6.45) is 3.60. The van der Waals surface area contributed by atoms with Crippen molar-refractivity contribution in [3.05, 3.63) is 30.5 Å². The van der Waals surface area contributed by atoms with Crippen molar-refractivity contribution in [2.75, 3.05) is 19.0 Å². The molecule has 0 fully saturated rings. The van der Waals surface area contributed by atoms with Gasteiger partial charge in [-0.2, -0.15) is 0 Å². The fourth-order valence-corrected chi connectivity index (χ4v) is 0.806. The Morgan fingerprint density at radius 2 is 2.27 bits per heavy atom. The van der Waals surface area contributed by atoms with E-state index in [2.05, 4.69) is 11.6 Å². The van der Waals surface area contributed by atoms with Gasteiger partial charge < -0.3 is 4.90 Å². The predicted octanol–water partition coefficient (Wildman–Crippen LogP) is 1.79. The van der Waals surface area contributed by atoms with E-state index in [1.807, 2.05) is 37.2 Å². The van der Waals surface area contributed by atoms with E-state index in [0.717, 1.165) is 11.4 Å². The highest BCUT2D eigenvalue weighted by Crippen LogP contribution is 2.09. The number of rotatable bonds is 2. The molecule has 11 heavy (non-hydrogen) atoms. The Morgan fingerprint density at radius 1 is 1.55 bits per heavy atom. The van der Waals surface area contributed by atoms with Crippen LogP contribution in [-0.2, 0) is 0 Å². The fraction of sp³-hybridized carbons (Fsp3) is 0.222. The van der Waals surface area contributed by atoms with E-state index >= 15 is 0 Å². The van der Waals surface area contributed by atoms with Crippen LogP contribution in [-0.4, -0.2) is 19.1 Å². The molecule has 0 radical (unpaired) electrons. The Bertz CT molecular complexity index is 253.